The summed E-state index contributed by atoms with van der Waals surface area (Å²) in [6.07, 6.45) is 2.62. The third-order valence-electron chi connectivity index (χ3n) is 4.07. The molecule has 20 heavy (non-hydrogen) atoms. The predicted molar refractivity (Wildman–Crippen MR) is 84.2 cm³/mol. The van der Waals surface area contributed by atoms with Crippen LogP contribution in [0.2, 0.25) is 0 Å². The quantitative estimate of drug-likeness (QED) is 0.829. The van der Waals surface area contributed by atoms with Gasteiger partial charge in [0.05, 0.1) is 0 Å². The van der Waals surface area contributed by atoms with Gasteiger partial charge in [-0.25, -0.2) is 0 Å². The third-order valence-corrected chi connectivity index (χ3v) is 4.07. The van der Waals surface area contributed by atoms with Crippen molar-refractivity contribution in [1.29, 1.82) is 0 Å². The molecule has 0 bridgehead atoms. The molecular weight excluding hydrogens is 248 g/mol. The fraction of sp³-hybridized carbons (Fsp3) is 0.647. The zero-order chi connectivity index (χ0) is 14.2. The smallest absolute Gasteiger partial charge is 0.119 e. The number of rotatable bonds is 7. The molecule has 1 aliphatic rings. The van der Waals surface area contributed by atoms with Crippen LogP contribution in [0.5, 0.6) is 5.75 Å². The molecule has 1 heterocycles. The van der Waals surface area contributed by atoms with Crippen LogP contribution in [0.15, 0.2) is 30.3 Å². The van der Waals surface area contributed by atoms with E-state index in [1.807, 2.05) is 30.3 Å². The van der Waals surface area contributed by atoms with Crippen molar-refractivity contribution in [3.8, 4) is 5.75 Å². The van der Waals surface area contributed by atoms with Crippen molar-refractivity contribution >= 4 is 0 Å². The minimum Gasteiger partial charge on any atom is -0.492 e. The number of nitrogens with zero attached hydrogens (tertiary/aromatic N) is 1. The van der Waals surface area contributed by atoms with Crippen LogP contribution in [0.25, 0.3) is 0 Å². The first-order valence-corrected chi connectivity index (χ1v) is 7.88. The summed E-state index contributed by atoms with van der Waals surface area (Å²) >= 11 is 0. The summed E-state index contributed by atoms with van der Waals surface area (Å²) in [5.74, 6) is 1.81. The van der Waals surface area contributed by atoms with Crippen LogP contribution in [0.1, 0.15) is 26.7 Å². The number of piperidine rings is 1. The Morgan fingerprint density at radius 1 is 1.20 bits per heavy atom. The van der Waals surface area contributed by atoms with Crippen molar-refractivity contribution in [3.05, 3.63) is 30.3 Å². The Bertz CT molecular complexity index is 361. The molecule has 3 nitrogen and oxygen atoms in total. The molecule has 0 aromatic heterocycles. The van der Waals surface area contributed by atoms with Gasteiger partial charge >= 0.3 is 0 Å². The first kappa shape index (κ1) is 15.3. The maximum absolute atomic E-state index is 5.82. The second-order valence-corrected chi connectivity index (χ2v) is 5.94. The lowest BCUT2D eigenvalue weighted by molar-refractivity contribution is 0.142. The van der Waals surface area contributed by atoms with Gasteiger partial charge in [0.1, 0.15) is 12.4 Å². The van der Waals surface area contributed by atoms with Gasteiger partial charge in [-0.3, -0.25) is 4.90 Å². The number of benzene rings is 1. The number of ether oxygens (including phenoxy) is 1. The first-order valence-electron chi connectivity index (χ1n) is 7.88. The summed E-state index contributed by atoms with van der Waals surface area (Å²) < 4.78 is 5.82. The minimum atomic E-state index is 0.587. The molecule has 1 aliphatic heterocycles. The predicted octanol–water partition coefficient (Wildman–Crippen LogP) is 2.78. The molecule has 3 heteroatoms. The Kier molecular flexibility index (Phi) is 6.34. The Labute approximate surface area is 123 Å². The molecule has 0 saturated carbocycles. The van der Waals surface area contributed by atoms with Crippen molar-refractivity contribution < 1.29 is 4.74 Å². The van der Waals surface area contributed by atoms with Crippen molar-refractivity contribution in [2.24, 2.45) is 5.92 Å². The van der Waals surface area contributed by atoms with Crippen LogP contribution >= 0.6 is 0 Å². The number of nitrogens with one attached hydrogen (secondary N) is 1. The Morgan fingerprint density at radius 3 is 2.55 bits per heavy atom. The van der Waals surface area contributed by atoms with Crippen LogP contribution in [0.4, 0.5) is 0 Å². The fourth-order valence-corrected chi connectivity index (χ4v) is 2.75. The molecule has 0 atom stereocenters. The molecular formula is C17H28N2O. The summed E-state index contributed by atoms with van der Waals surface area (Å²) in [4.78, 5) is 2.55. The SMILES string of the molecule is CC(C)N(CCOc1ccccc1)CC1CCNCC1. The summed E-state index contributed by atoms with van der Waals surface area (Å²) in [5.41, 5.74) is 0. The van der Waals surface area contributed by atoms with Crippen LogP contribution in [0.3, 0.4) is 0 Å². The molecule has 0 aliphatic carbocycles. The lowest BCUT2D eigenvalue weighted by atomic mass is 9.97. The average Bonchev–Trinajstić information content (AvgIpc) is 2.48. The fourth-order valence-electron chi connectivity index (χ4n) is 2.75. The molecule has 0 radical (unpaired) electrons. The molecule has 0 amide bonds. The Hall–Kier alpha value is -1.06. The highest BCUT2D eigenvalue weighted by atomic mass is 16.5. The van der Waals surface area contributed by atoms with Crippen LogP contribution in [-0.4, -0.2) is 43.7 Å². The monoisotopic (exact) mass is 276 g/mol. The lowest BCUT2D eigenvalue weighted by Crippen LogP contribution is -2.41. The minimum absolute atomic E-state index is 0.587. The van der Waals surface area contributed by atoms with Crippen molar-refractivity contribution in [2.45, 2.75) is 32.7 Å². The second-order valence-electron chi connectivity index (χ2n) is 5.94. The maximum Gasteiger partial charge on any atom is 0.119 e. The van der Waals surface area contributed by atoms with Gasteiger partial charge in [-0.05, 0) is 57.8 Å². The largest absolute Gasteiger partial charge is 0.492 e. The Morgan fingerprint density at radius 2 is 1.90 bits per heavy atom. The number of hydrogen-bond donors (Lipinski definition) is 1. The highest BCUT2D eigenvalue weighted by molar-refractivity contribution is 5.20. The molecule has 112 valence electrons. The van der Waals surface area contributed by atoms with Crippen LogP contribution in [0, 0.1) is 5.92 Å². The van der Waals surface area contributed by atoms with Gasteiger partial charge in [-0.2, -0.15) is 0 Å². The first-order chi connectivity index (χ1) is 9.75. The summed E-state index contributed by atoms with van der Waals surface area (Å²) in [7, 11) is 0. The van der Waals surface area contributed by atoms with Gasteiger partial charge in [0.15, 0.2) is 0 Å². The zero-order valence-corrected chi connectivity index (χ0v) is 12.8. The summed E-state index contributed by atoms with van der Waals surface area (Å²) in [6, 6.07) is 10.7. The molecule has 1 aromatic rings. The average molecular weight is 276 g/mol. The van der Waals surface area contributed by atoms with Crippen LogP contribution < -0.4 is 10.1 Å². The van der Waals surface area contributed by atoms with Gasteiger partial charge in [0, 0.05) is 19.1 Å². The van der Waals surface area contributed by atoms with Gasteiger partial charge in [0.25, 0.3) is 0 Å². The van der Waals surface area contributed by atoms with E-state index in [0.717, 1.165) is 24.8 Å². The molecule has 1 aromatic carbocycles. The standard InChI is InChI=1S/C17H28N2O/c1-15(2)19(14-16-8-10-18-11-9-16)12-13-20-17-6-4-3-5-7-17/h3-7,15-16,18H,8-14H2,1-2H3. The Balaban J connectivity index is 1.74. The summed E-state index contributed by atoms with van der Waals surface area (Å²) in [6.45, 7) is 9.91. The number of hydrogen-bond acceptors (Lipinski definition) is 3. The molecule has 1 saturated heterocycles. The zero-order valence-electron chi connectivity index (χ0n) is 12.8. The molecule has 0 spiro atoms. The summed E-state index contributed by atoms with van der Waals surface area (Å²) in [5, 5.41) is 3.44. The third kappa shape index (κ3) is 5.14. The maximum atomic E-state index is 5.82. The van der Waals surface area contributed by atoms with Crippen molar-refractivity contribution in [2.75, 3.05) is 32.8 Å². The highest BCUT2D eigenvalue weighted by Crippen LogP contribution is 2.15. The molecule has 2 rings (SSSR count). The molecule has 0 unspecified atom stereocenters. The van der Waals surface area contributed by atoms with Gasteiger partial charge in [-0.1, -0.05) is 18.2 Å². The van der Waals surface area contributed by atoms with E-state index < -0.39 is 0 Å². The number of para-hydroxylation sites is 1. The molecule has 1 fully saturated rings. The van der Waals surface area contributed by atoms with E-state index in [4.69, 9.17) is 4.74 Å². The van der Waals surface area contributed by atoms with Gasteiger partial charge in [0.2, 0.25) is 0 Å². The normalized spacial score (nSPS) is 16.8. The topological polar surface area (TPSA) is 24.5 Å². The van der Waals surface area contributed by atoms with E-state index in [1.54, 1.807) is 0 Å². The van der Waals surface area contributed by atoms with E-state index in [1.165, 1.54) is 32.5 Å². The van der Waals surface area contributed by atoms with Gasteiger partial charge in [-0.15, -0.1) is 0 Å². The van der Waals surface area contributed by atoms with E-state index in [9.17, 15) is 0 Å². The van der Waals surface area contributed by atoms with E-state index in [0.29, 0.717) is 6.04 Å². The highest BCUT2D eigenvalue weighted by Gasteiger charge is 2.18. The second kappa shape index (κ2) is 8.28. The van der Waals surface area contributed by atoms with Gasteiger partial charge < -0.3 is 10.1 Å². The lowest BCUT2D eigenvalue weighted by Gasteiger charge is -2.32. The van der Waals surface area contributed by atoms with Crippen molar-refractivity contribution in [3.63, 3.8) is 0 Å². The van der Waals surface area contributed by atoms with E-state index in [2.05, 4.69) is 24.1 Å². The van der Waals surface area contributed by atoms with E-state index in [-0.39, 0.29) is 0 Å². The molecule has 1 N–H and O–H groups in total. The van der Waals surface area contributed by atoms with Crippen LogP contribution in [-0.2, 0) is 0 Å². The van der Waals surface area contributed by atoms with E-state index >= 15 is 0 Å². The van der Waals surface area contributed by atoms with Crippen molar-refractivity contribution in [1.82, 2.24) is 10.2 Å².